The minimum absolute atomic E-state index is 0.0535. The van der Waals surface area contributed by atoms with E-state index in [9.17, 15) is 4.79 Å². The lowest BCUT2D eigenvalue weighted by Crippen LogP contribution is -2.24. The molecule has 0 bridgehead atoms. The number of anilines is 1. The van der Waals surface area contributed by atoms with Gasteiger partial charge in [-0.25, -0.2) is 0 Å². The normalized spacial score (nSPS) is 13.7. The first-order valence-corrected chi connectivity index (χ1v) is 6.93. The van der Waals surface area contributed by atoms with Crippen molar-refractivity contribution in [3.63, 3.8) is 0 Å². The molecule has 102 valence electrons. The lowest BCUT2D eigenvalue weighted by molar-refractivity contribution is 0.102. The van der Waals surface area contributed by atoms with Crippen LogP contribution in [0.25, 0.3) is 0 Å². The third kappa shape index (κ3) is 2.73. The zero-order chi connectivity index (χ0) is 13.9. The molecule has 0 unspecified atom stereocenters. The predicted molar refractivity (Wildman–Crippen MR) is 81.0 cm³/mol. The molecule has 0 spiro atoms. The standard InChI is InChI=1S/C17H18N2O/c1-12-2-6-16(7-3-12)19-17(20)14-5-4-13-8-9-18-11-15(13)10-14/h2-7,10,18H,8-9,11H2,1H3,(H,19,20). The third-order valence-electron chi connectivity index (χ3n) is 3.66. The van der Waals surface area contributed by atoms with Gasteiger partial charge in [-0.05, 0) is 55.3 Å². The largest absolute Gasteiger partial charge is 0.322 e. The Morgan fingerprint density at radius 2 is 1.90 bits per heavy atom. The van der Waals surface area contributed by atoms with Crippen LogP contribution in [-0.4, -0.2) is 12.5 Å². The number of fused-ring (bicyclic) bond motifs is 1. The van der Waals surface area contributed by atoms with Crippen molar-refractivity contribution < 1.29 is 4.79 Å². The van der Waals surface area contributed by atoms with Crippen molar-refractivity contribution in [1.29, 1.82) is 0 Å². The van der Waals surface area contributed by atoms with E-state index in [0.29, 0.717) is 5.56 Å². The Kier molecular flexibility index (Phi) is 3.52. The van der Waals surface area contributed by atoms with Gasteiger partial charge in [0.25, 0.3) is 5.91 Å². The summed E-state index contributed by atoms with van der Waals surface area (Å²) in [7, 11) is 0. The summed E-state index contributed by atoms with van der Waals surface area (Å²) in [5, 5.41) is 6.26. The van der Waals surface area contributed by atoms with E-state index in [1.165, 1.54) is 16.7 Å². The summed E-state index contributed by atoms with van der Waals surface area (Å²) in [5.74, 6) is -0.0535. The summed E-state index contributed by atoms with van der Waals surface area (Å²) < 4.78 is 0. The highest BCUT2D eigenvalue weighted by Crippen LogP contribution is 2.17. The molecule has 0 saturated carbocycles. The minimum atomic E-state index is -0.0535. The van der Waals surface area contributed by atoms with Crippen LogP contribution in [0, 0.1) is 6.92 Å². The van der Waals surface area contributed by atoms with Crippen molar-refractivity contribution >= 4 is 11.6 Å². The number of benzene rings is 2. The first-order valence-electron chi connectivity index (χ1n) is 6.93. The van der Waals surface area contributed by atoms with Crippen LogP contribution < -0.4 is 10.6 Å². The van der Waals surface area contributed by atoms with Crippen LogP contribution in [0.2, 0.25) is 0 Å². The van der Waals surface area contributed by atoms with Crippen LogP contribution in [0.5, 0.6) is 0 Å². The Morgan fingerprint density at radius 1 is 1.10 bits per heavy atom. The fourth-order valence-corrected chi connectivity index (χ4v) is 2.46. The van der Waals surface area contributed by atoms with Gasteiger partial charge in [-0.1, -0.05) is 23.8 Å². The number of carbonyl (C=O) groups is 1. The number of hydrogen-bond donors (Lipinski definition) is 2. The van der Waals surface area contributed by atoms with Gasteiger partial charge in [0.2, 0.25) is 0 Å². The molecule has 0 fully saturated rings. The molecule has 2 aromatic carbocycles. The van der Waals surface area contributed by atoms with Crippen LogP contribution >= 0.6 is 0 Å². The molecular formula is C17H18N2O. The van der Waals surface area contributed by atoms with Crippen LogP contribution in [0.15, 0.2) is 42.5 Å². The van der Waals surface area contributed by atoms with Crippen molar-refractivity contribution in [2.45, 2.75) is 19.9 Å². The Balaban J connectivity index is 1.78. The highest BCUT2D eigenvalue weighted by Gasteiger charge is 2.12. The number of amides is 1. The molecule has 0 atom stereocenters. The second-order valence-electron chi connectivity index (χ2n) is 5.23. The van der Waals surface area contributed by atoms with Gasteiger partial charge in [0, 0.05) is 17.8 Å². The van der Waals surface area contributed by atoms with E-state index in [2.05, 4.69) is 16.7 Å². The minimum Gasteiger partial charge on any atom is -0.322 e. The summed E-state index contributed by atoms with van der Waals surface area (Å²) in [4.78, 5) is 12.3. The third-order valence-corrected chi connectivity index (χ3v) is 3.66. The van der Waals surface area contributed by atoms with Crippen LogP contribution in [0.1, 0.15) is 27.0 Å². The molecule has 3 nitrogen and oxygen atoms in total. The molecule has 0 radical (unpaired) electrons. The summed E-state index contributed by atoms with van der Waals surface area (Å²) in [6.45, 7) is 3.89. The first-order chi connectivity index (χ1) is 9.72. The maximum absolute atomic E-state index is 12.3. The molecule has 0 aliphatic carbocycles. The lowest BCUT2D eigenvalue weighted by Gasteiger charge is -2.17. The fourth-order valence-electron chi connectivity index (χ4n) is 2.46. The highest BCUT2D eigenvalue weighted by molar-refractivity contribution is 6.04. The molecule has 1 aliphatic rings. The zero-order valence-electron chi connectivity index (χ0n) is 11.6. The molecular weight excluding hydrogens is 248 g/mol. The highest BCUT2D eigenvalue weighted by atomic mass is 16.1. The SMILES string of the molecule is Cc1ccc(NC(=O)c2ccc3c(c2)CNCC3)cc1. The zero-order valence-corrected chi connectivity index (χ0v) is 11.6. The van der Waals surface area contributed by atoms with E-state index in [4.69, 9.17) is 0 Å². The summed E-state index contributed by atoms with van der Waals surface area (Å²) in [5.41, 5.74) is 5.30. The van der Waals surface area contributed by atoms with Crippen molar-refractivity contribution in [3.05, 3.63) is 64.7 Å². The Labute approximate surface area is 119 Å². The van der Waals surface area contributed by atoms with E-state index in [1.54, 1.807) is 0 Å². The van der Waals surface area contributed by atoms with Crippen LogP contribution in [0.3, 0.4) is 0 Å². The van der Waals surface area contributed by atoms with Crippen molar-refractivity contribution in [3.8, 4) is 0 Å². The maximum Gasteiger partial charge on any atom is 0.255 e. The Hall–Kier alpha value is -2.13. The summed E-state index contributed by atoms with van der Waals surface area (Å²) in [6.07, 6.45) is 1.04. The van der Waals surface area contributed by atoms with E-state index >= 15 is 0 Å². The van der Waals surface area contributed by atoms with Crippen LogP contribution in [-0.2, 0) is 13.0 Å². The lowest BCUT2D eigenvalue weighted by atomic mass is 9.98. The van der Waals surface area contributed by atoms with Crippen molar-refractivity contribution in [2.24, 2.45) is 0 Å². The Bertz CT molecular complexity index is 632. The maximum atomic E-state index is 12.3. The van der Waals surface area contributed by atoms with Crippen molar-refractivity contribution in [1.82, 2.24) is 5.32 Å². The van der Waals surface area contributed by atoms with E-state index in [1.807, 2.05) is 43.3 Å². The predicted octanol–water partition coefficient (Wildman–Crippen LogP) is 2.89. The second-order valence-corrected chi connectivity index (χ2v) is 5.23. The molecule has 0 aromatic heterocycles. The van der Waals surface area contributed by atoms with Gasteiger partial charge in [-0.2, -0.15) is 0 Å². The van der Waals surface area contributed by atoms with Gasteiger partial charge in [0.15, 0.2) is 0 Å². The van der Waals surface area contributed by atoms with E-state index in [-0.39, 0.29) is 5.91 Å². The quantitative estimate of drug-likeness (QED) is 0.877. The fraction of sp³-hybridized carbons (Fsp3) is 0.235. The number of hydrogen-bond acceptors (Lipinski definition) is 2. The second kappa shape index (κ2) is 5.47. The van der Waals surface area contributed by atoms with Gasteiger partial charge in [-0.15, -0.1) is 0 Å². The molecule has 2 N–H and O–H groups in total. The average Bonchev–Trinajstić information content (AvgIpc) is 2.49. The Morgan fingerprint density at radius 3 is 2.70 bits per heavy atom. The van der Waals surface area contributed by atoms with E-state index in [0.717, 1.165) is 25.2 Å². The van der Waals surface area contributed by atoms with Gasteiger partial charge in [-0.3, -0.25) is 4.79 Å². The van der Waals surface area contributed by atoms with Gasteiger partial charge >= 0.3 is 0 Å². The molecule has 3 rings (SSSR count). The van der Waals surface area contributed by atoms with Gasteiger partial charge in [0.1, 0.15) is 0 Å². The van der Waals surface area contributed by atoms with Gasteiger partial charge in [0.05, 0.1) is 0 Å². The number of carbonyl (C=O) groups excluding carboxylic acids is 1. The molecule has 1 aliphatic heterocycles. The van der Waals surface area contributed by atoms with Gasteiger partial charge < -0.3 is 10.6 Å². The van der Waals surface area contributed by atoms with E-state index < -0.39 is 0 Å². The molecule has 2 aromatic rings. The molecule has 0 saturated heterocycles. The molecule has 3 heteroatoms. The summed E-state index contributed by atoms with van der Waals surface area (Å²) >= 11 is 0. The molecule has 20 heavy (non-hydrogen) atoms. The molecule has 1 heterocycles. The van der Waals surface area contributed by atoms with Crippen LogP contribution in [0.4, 0.5) is 5.69 Å². The monoisotopic (exact) mass is 266 g/mol. The average molecular weight is 266 g/mol. The smallest absolute Gasteiger partial charge is 0.255 e. The first kappa shape index (κ1) is 12.9. The number of nitrogens with one attached hydrogen (secondary N) is 2. The molecule has 1 amide bonds. The van der Waals surface area contributed by atoms with Crippen molar-refractivity contribution in [2.75, 3.05) is 11.9 Å². The number of aryl methyl sites for hydroxylation is 1. The number of rotatable bonds is 2. The topological polar surface area (TPSA) is 41.1 Å². The summed E-state index contributed by atoms with van der Waals surface area (Å²) in [6, 6.07) is 13.8.